The third kappa shape index (κ3) is 1.42. The quantitative estimate of drug-likeness (QED) is 0.639. The zero-order chi connectivity index (χ0) is 13.7. The van der Waals surface area contributed by atoms with Crippen molar-refractivity contribution in [1.82, 2.24) is 0 Å². The maximum absolute atomic E-state index is 12.0. The Bertz CT molecular complexity index is 882. The van der Waals surface area contributed by atoms with Gasteiger partial charge in [0.1, 0.15) is 11.3 Å². The first-order valence-corrected chi connectivity index (χ1v) is 6.59. The molecule has 1 aliphatic rings. The third-order valence-corrected chi connectivity index (χ3v) is 3.81. The summed E-state index contributed by atoms with van der Waals surface area (Å²) in [5.41, 5.74) is 4.74. The molecule has 2 nitrogen and oxygen atoms in total. The highest BCUT2D eigenvalue weighted by Crippen LogP contribution is 2.39. The van der Waals surface area contributed by atoms with E-state index in [0.29, 0.717) is 0 Å². The summed E-state index contributed by atoms with van der Waals surface area (Å²) in [6.07, 6.45) is 3.48. The van der Waals surface area contributed by atoms with Crippen molar-refractivity contribution < 1.29 is 9.21 Å². The summed E-state index contributed by atoms with van der Waals surface area (Å²) in [4.78, 5) is 12.0. The lowest BCUT2D eigenvalue weighted by Gasteiger charge is -2.06. The first kappa shape index (κ1) is 11.2. The zero-order valence-corrected chi connectivity index (χ0v) is 11.0. The average Bonchev–Trinajstić information content (AvgIpc) is 2.83. The molecule has 2 heteroatoms. The molecule has 3 aromatic rings. The van der Waals surface area contributed by atoms with Crippen molar-refractivity contribution in [3.8, 4) is 11.3 Å². The summed E-state index contributed by atoms with van der Waals surface area (Å²) < 4.78 is 6.02. The standard InChI is InChI=1S/C18H12O2/c1-11-5-2-3-6-12(11)18-14-9-10-15(19)13-7-4-8-16(20-18)17(13)14/h2-10H,1H3. The highest BCUT2D eigenvalue weighted by molar-refractivity contribution is 6.20. The molecular weight excluding hydrogens is 248 g/mol. The second-order valence-corrected chi connectivity index (χ2v) is 5.04. The predicted molar refractivity (Wildman–Crippen MR) is 79.8 cm³/mol. The lowest BCUT2D eigenvalue weighted by atomic mass is 9.94. The van der Waals surface area contributed by atoms with Crippen LogP contribution in [0.3, 0.4) is 0 Å². The van der Waals surface area contributed by atoms with Gasteiger partial charge in [-0.1, -0.05) is 36.4 Å². The number of carbonyl (C=O) groups excluding carboxylic acids is 1. The molecule has 0 atom stereocenters. The largest absolute Gasteiger partial charge is 0.455 e. The van der Waals surface area contributed by atoms with Gasteiger partial charge in [-0.3, -0.25) is 4.79 Å². The van der Waals surface area contributed by atoms with E-state index in [1.807, 2.05) is 42.5 Å². The fourth-order valence-electron chi connectivity index (χ4n) is 2.81. The summed E-state index contributed by atoms with van der Waals surface area (Å²) in [5.74, 6) is 0.884. The average molecular weight is 260 g/mol. The van der Waals surface area contributed by atoms with E-state index in [0.717, 1.165) is 39.0 Å². The molecular formula is C18H12O2. The Morgan fingerprint density at radius 3 is 2.55 bits per heavy atom. The van der Waals surface area contributed by atoms with E-state index < -0.39 is 0 Å². The Morgan fingerprint density at radius 1 is 0.900 bits per heavy atom. The predicted octanol–water partition coefficient (Wildman–Crippen LogP) is 4.62. The van der Waals surface area contributed by atoms with Gasteiger partial charge in [0.25, 0.3) is 0 Å². The number of hydrogen-bond acceptors (Lipinski definition) is 2. The van der Waals surface area contributed by atoms with Crippen LogP contribution in [0.4, 0.5) is 0 Å². The van der Waals surface area contributed by atoms with E-state index in [-0.39, 0.29) is 5.78 Å². The second kappa shape index (κ2) is 3.94. The van der Waals surface area contributed by atoms with Crippen molar-refractivity contribution >= 4 is 22.8 Å². The number of rotatable bonds is 1. The molecule has 1 heterocycles. The maximum atomic E-state index is 12.0. The van der Waals surface area contributed by atoms with Crippen molar-refractivity contribution in [2.45, 2.75) is 6.92 Å². The van der Waals surface area contributed by atoms with Crippen molar-refractivity contribution in [3.63, 3.8) is 0 Å². The van der Waals surface area contributed by atoms with Crippen LogP contribution in [-0.4, -0.2) is 5.78 Å². The Hall–Kier alpha value is -2.61. The molecule has 0 N–H and O–H groups in total. The minimum Gasteiger partial charge on any atom is -0.455 e. The van der Waals surface area contributed by atoms with Crippen LogP contribution in [0.5, 0.6) is 0 Å². The number of furan rings is 1. The highest BCUT2D eigenvalue weighted by Gasteiger charge is 2.22. The zero-order valence-electron chi connectivity index (χ0n) is 11.0. The lowest BCUT2D eigenvalue weighted by molar-refractivity contribution is 0.104. The van der Waals surface area contributed by atoms with E-state index in [1.54, 1.807) is 6.08 Å². The van der Waals surface area contributed by atoms with Crippen LogP contribution in [0, 0.1) is 6.92 Å². The van der Waals surface area contributed by atoms with Crippen LogP contribution in [0.1, 0.15) is 21.5 Å². The molecule has 0 saturated heterocycles. The molecule has 0 bridgehead atoms. The van der Waals surface area contributed by atoms with Crippen LogP contribution in [0.15, 0.2) is 53.0 Å². The van der Waals surface area contributed by atoms with Gasteiger partial charge in [0, 0.05) is 22.1 Å². The maximum Gasteiger partial charge on any atom is 0.186 e. The summed E-state index contributed by atoms with van der Waals surface area (Å²) in [6, 6.07) is 13.8. The van der Waals surface area contributed by atoms with Gasteiger partial charge in [-0.25, -0.2) is 0 Å². The van der Waals surface area contributed by atoms with Gasteiger partial charge in [0.15, 0.2) is 5.78 Å². The fraction of sp³-hybridized carbons (Fsp3) is 0.0556. The molecule has 1 aliphatic carbocycles. The number of allylic oxidation sites excluding steroid dienone is 1. The highest BCUT2D eigenvalue weighted by atomic mass is 16.3. The molecule has 0 amide bonds. The molecule has 0 radical (unpaired) electrons. The number of hydrogen-bond donors (Lipinski definition) is 0. The molecule has 2 aromatic carbocycles. The summed E-state index contributed by atoms with van der Waals surface area (Å²) in [5, 5.41) is 0.929. The van der Waals surface area contributed by atoms with Gasteiger partial charge in [-0.05, 0) is 30.7 Å². The fourth-order valence-corrected chi connectivity index (χ4v) is 2.81. The third-order valence-electron chi connectivity index (χ3n) is 3.81. The van der Waals surface area contributed by atoms with Crippen LogP contribution >= 0.6 is 0 Å². The van der Waals surface area contributed by atoms with Crippen LogP contribution in [0.2, 0.25) is 0 Å². The van der Waals surface area contributed by atoms with E-state index in [1.165, 1.54) is 0 Å². The molecule has 1 aromatic heterocycles. The molecule has 4 rings (SSSR count). The van der Waals surface area contributed by atoms with Crippen molar-refractivity contribution in [3.05, 3.63) is 65.2 Å². The van der Waals surface area contributed by atoms with Crippen LogP contribution < -0.4 is 0 Å². The summed E-state index contributed by atoms with van der Waals surface area (Å²) >= 11 is 0. The van der Waals surface area contributed by atoms with Crippen molar-refractivity contribution in [1.29, 1.82) is 0 Å². The Labute approximate surface area is 116 Å². The van der Waals surface area contributed by atoms with Crippen molar-refractivity contribution in [2.24, 2.45) is 0 Å². The van der Waals surface area contributed by atoms with Gasteiger partial charge in [-0.15, -0.1) is 0 Å². The monoisotopic (exact) mass is 260 g/mol. The first-order chi connectivity index (χ1) is 9.75. The van der Waals surface area contributed by atoms with Gasteiger partial charge >= 0.3 is 0 Å². The molecule has 0 saturated carbocycles. The molecule has 96 valence electrons. The number of aryl methyl sites for hydroxylation is 1. The van der Waals surface area contributed by atoms with Gasteiger partial charge in [0.2, 0.25) is 0 Å². The number of ketones is 1. The van der Waals surface area contributed by atoms with Gasteiger partial charge in [-0.2, -0.15) is 0 Å². The van der Waals surface area contributed by atoms with Crippen LogP contribution in [0.25, 0.3) is 28.4 Å². The summed E-state index contributed by atoms with van der Waals surface area (Å²) in [6.45, 7) is 2.06. The topological polar surface area (TPSA) is 30.2 Å². The molecule has 0 spiro atoms. The SMILES string of the molecule is Cc1ccccc1-c1oc2cccc3c2c1C=CC3=O. The van der Waals surface area contributed by atoms with Gasteiger partial charge in [0.05, 0.1) is 0 Å². The molecule has 0 fully saturated rings. The first-order valence-electron chi connectivity index (χ1n) is 6.59. The molecule has 0 aliphatic heterocycles. The lowest BCUT2D eigenvalue weighted by Crippen LogP contribution is -1.99. The minimum absolute atomic E-state index is 0.0419. The Kier molecular flexibility index (Phi) is 2.21. The van der Waals surface area contributed by atoms with Gasteiger partial charge < -0.3 is 4.42 Å². The Morgan fingerprint density at radius 2 is 1.70 bits per heavy atom. The normalized spacial score (nSPS) is 13.2. The second-order valence-electron chi connectivity index (χ2n) is 5.04. The molecule has 0 unspecified atom stereocenters. The van der Waals surface area contributed by atoms with E-state index in [2.05, 4.69) is 13.0 Å². The van der Waals surface area contributed by atoms with E-state index in [9.17, 15) is 4.79 Å². The minimum atomic E-state index is 0.0419. The van der Waals surface area contributed by atoms with E-state index in [4.69, 9.17) is 4.42 Å². The smallest absolute Gasteiger partial charge is 0.186 e. The van der Waals surface area contributed by atoms with Crippen LogP contribution in [-0.2, 0) is 0 Å². The number of carbonyl (C=O) groups is 1. The summed E-state index contributed by atoms with van der Waals surface area (Å²) in [7, 11) is 0. The van der Waals surface area contributed by atoms with Crippen molar-refractivity contribution in [2.75, 3.05) is 0 Å². The Balaban J connectivity index is 2.12. The number of benzene rings is 2. The molecule has 20 heavy (non-hydrogen) atoms. The van der Waals surface area contributed by atoms with E-state index >= 15 is 0 Å².